The van der Waals surface area contributed by atoms with Gasteiger partial charge in [0.05, 0.1) is 22.8 Å². The molecular formula is C31H39ClF3NO2. The summed E-state index contributed by atoms with van der Waals surface area (Å²) in [6.45, 7) is 15.0. The molecule has 1 fully saturated rings. The average molecular weight is 550 g/mol. The predicted octanol–water partition coefficient (Wildman–Crippen LogP) is 9.50. The lowest BCUT2D eigenvalue weighted by molar-refractivity contribution is -0.146. The summed E-state index contributed by atoms with van der Waals surface area (Å²) in [5, 5.41) is 0.127. The van der Waals surface area contributed by atoms with E-state index in [0.717, 1.165) is 61.1 Å². The molecule has 0 amide bonds. The van der Waals surface area contributed by atoms with E-state index >= 15 is 0 Å². The first-order valence-corrected chi connectivity index (χ1v) is 13.9. The van der Waals surface area contributed by atoms with Gasteiger partial charge in [-0.1, -0.05) is 71.2 Å². The van der Waals surface area contributed by atoms with E-state index in [9.17, 15) is 18.0 Å². The third-order valence-electron chi connectivity index (χ3n) is 8.72. The monoisotopic (exact) mass is 549 g/mol. The Labute approximate surface area is 229 Å². The van der Waals surface area contributed by atoms with Crippen molar-refractivity contribution in [2.24, 2.45) is 10.8 Å². The number of halogens is 4. The van der Waals surface area contributed by atoms with Crippen LogP contribution in [0.5, 0.6) is 0 Å². The molecular weight excluding hydrogens is 511 g/mol. The molecule has 7 heteroatoms. The average Bonchev–Trinajstić information content (AvgIpc) is 3.30. The van der Waals surface area contributed by atoms with Gasteiger partial charge in [0.25, 0.3) is 0 Å². The molecule has 1 aromatic carbocycles. The topological polar surface area (TPSA) is 39.2 Å². The number of carbonyl (C=O) groups is 1. The first-order valence-electron chi connectivity index (χ1n) is 13.5. The van der Waals surface area contributed by atoms with Gasteiger partial charge in [0, 0.05) is 16.8 Å². The molecule has 3 nitrogen and oxygen atoms in total. The number of hydrogen-bond acceptors (Lipinski definition) is 3. The van der Waals surface area contributed by atoms with E-state index in [4.69, 9.17) is 21.3 Å². The summed E-state index contributed by atoms with van der Waals surface area (Å²) in [5.74, 6) is -0.262. The van der Waals surface area contributed by atoms with Gasteiger partial charge >= 0.3 is 6.18 Å². The van der Waals surface area contributed by atoms with E-state index in [1.807, 2.05) is 0 Å². The summed E-state index contributed by atoms with van der Waals surface area (Å²) >= 11 is 6.79. The van der Waals surface area contributed by atoms with E-state index in [1.165, 1.54) is 12.1 Å². The van der Waals surface area contributed by atoms with Gasteiger partial charge in [0.1, 0.15) is 5.15 Å². The van der Waals surface area contributed by atoms with Crippen molar-refractivity contribution in [3.05, 3.63) is 62.9 Å². The van der Waals surface area contributed by atoms with Crippen LogP contribution < -0.4 is 0 Å². The zero-order chi connectivity index (χ0) is 28.3. The number of aromatic nitrogens is 1. The van der Waals surface area contributed by atoms with E-state index in [1.54, 1.807) is 0 Å². The minimum atomic E-state index is -4.47. The minimum Gasteiger partial charge on any atom is -0.367 e. The minimum absolute atomic E-state index is 0.0755. The summed E-state index contributed by atoms with van der Waals surface area (Å²) in [4.78, 5) is 18.7. The first-order chi connectivity index (χ1) is 17.4. The first kappa shape index (κ1) is 29.1. The number of benzene rings is 1. The van der Waals surface area contributed by atoms with Crippen molar-refractivity contribution >= 4 is 17.4 Å². The Kier molecular flexibility index (Phi) is 7.59. The van der Waals surface area contributed by atoms with Crippen LogP contribution in [0.2, 0.25) is 5.15 Å². The maximum atomic E-state index is 13.9. The number of carbonyl (C=O) groups excluding carboxylic acids is 1. The van der Waals surface area contributed by atoms with Crippen LogP contribution in [-0.4, -0.2) is 16.4 Å². The molecule has 0 spiro atoms. The molecule has 4 rings (SSSR count). The molecule has 0 saturated heterocycles. The number of pyridine rings is 1. The van der Waals surface area contributed by atoms with Crippen LogP contribution in [0, 0.1) is 10.8 Å². The standard InChI is InChI=1S/C31H39ClF3NO2/c1-28(2,3)30(6,7)38-22-17-29(4,5)16-21-24(22)23(18-10-8-9-11-18)25(27(32)36-21)26(37)19-12-14-20(15-13-19)31(33,34)35/h12-15,18,22H,8-11,16-17H2,1-7H3. The van der Waals surface area contributed by atoms with Gasteiger partial charge in [0.2, 0.25) is 0 Å². The van der Waals surface area contributed by atoms with Gasteiger partial charge in [0.15, 0.2) is 5.78 Å². The molecule has 1 aromatic heterocycles. The molecule has 208 valence electrons. The second-order valence-corrected chi connectivity index (χ2v) is 13.7. The number of ketones is 1. The molecule has 2 aliphatic carbocycles. The molecule has 1 heterocycles. The van der Waals surface area contributed by atoms with Crippen molar-refractivity contribution in [1.29, 1.82) is 0 Å². The van der Waals surface area contributed by atoms with Crippen LogP contribution >= 0.6 is 11.6 Å². The molecule has 2 aromatic rings. The van der Waals surface area contributed by atoms with E-state index in [0.29, 0.717) is 12.0 Å². The van der Waals surface area contributed by atoms with Gasteiger partial charge in [-0.3, -0.25) is 4.79 Å². The highest BCUT2D eigenvalue weighted by atomic mass is 35.5. The van der Waals surface area contributed by atoms with E-state index in [2.05, 4.69) is 48.5 Å². The van der Waals surface area contributed by atoms with Crippen LogP contribution in [0.15, 0.2) is 24.3 Å². The normalized spacial score (nSPS) is 20.4. The zero-order valence-corrected chi connectivity index (χ0v) is 24.2. The van der Waals surface area contributed by atoms with Crippen molar-refractivity contribution in [3.8, 4) is 0 Å². The van der Waals surface area contributed by atoms with Crippen molar-refractivity contribution in [3.63, 3.8) is 0 Å². The molecule has 2 aliphatic rings. The van der Waals surface area contributed by atoms with E-state index in [-0.39, 0.29) is 39.4 Å². The summed E-state index contributed by atoms with van der Waals surface area (Å²) in [6, 6.07) is 4.36. The number of alkyl halides is 3. The van der Waals surface area contributed by atoms with Crippen LogP contribution in [0.1, 0.15) is 131 Å². The van der Waals surface area contributed by atoms with Crippen LogP contribution in [0.4, 0.5) is 13.2 Å². The Balaban J connectivity index is 1.91. The maximum Gasteiger partial charge on any atom is 0.416 e. The summed E-state index contributed by atoms with van der Waals surface area (Å²) < 4.78 is 46.4. The van der Waals surface area contributed by atoms with Crippen molar-refractivity contribution in [2.75, 3.05) is 0 Å². The Morgan fingerprint density at radius 2 is 1.58 bits per heavy atom. The quantitative estimate of drug-likeness (QED) is 0.275. The van der Waals surface area contributed by atoms with Gasteiger partial charge in [-0.05, 0) is 74.0 Å². The number of fused-ring (bicyclic) bond motifs is 1. The molecule has 0 radical (unpaired) electrons. The van der Waals surface area contributed by atoms with Crippen molar-refractivity contribution in [1.82, 2.24) is 4.98 Å². The molecule has 1 unspecified atom stereocenters. The van der Waals surface area contributed by atoms with Crippen molar-refractivity contribution < 1.29 is 22.7 Å². The zero-order valence-electron chi connectivity index (χ0n) is 23.5. The number of nitrogens with zero attached hydrogens (tertiary/aromatic N) is 1. The molecule has 1 atom stereocenters. The van der Waals surface area contributed by atoms with Crippen LogP contribution in [-0.2, 0) is 17.3 Å². The summed E-state index contributed by atoms with van der Waals surface area (Å²) in [5.41, 5.74) is 1.75. The number of rotatable bonds is 5. The fourth-order valence-corrected chi connectivity index (χ4v) is 5.99. The Morgan fingerprint density at radius 1 is 1.00 bits per heavy atom. The number of hydrogen-bond donors (Lipinski definition) is 0. The van der Waals surface area contributed by atoms with Crippen molar-refractivity contribution in [2.45, 2.75) is 111 Å². The SMILES string of the molecule is CC1(C)Cc2nc(Cl)c(C(=O)c3ccc(C(F)(F)F)cc3)c(C3CCCC3)c2C(OC(C)(C)C(C)(C)C)C1. The van der Waals surface area contributed by atoms with Gasteiger partial charge in [-0.25, -0.2) is 4.98 Å². The Hall–Kier alpha value is -1.92. The lowest BCUT2D eigenvalue weighted by Crippen LogP contribution is -2.43. The highest BCUT2D eigenvalue weighted by Gasteiger charge is 2.44. The summed E-state index contributed by atoms with van der Waals surface area (Å²) in [6.07, 6.45) is 0.706. The molecule has 1 saturated carbocycles. The largest absolute Gasteiger partial charge is 0.416 e. The third-order valence-corrected chi connectivity index (χ3v) is 9.00. The van der Waals surface area contributed by atoms with Gasteiger partial charge < -0.3 is 4.74 Å². The third kappa shape index (κ3) is 5.67. The van der Waals surface area contributed by atoms with E-state index < -0.39 is 17.3 Å². The van der Waals surface area contributed by atoms with Gasteiger partial charge in [-0.15, -0.1) is 0 Å². The summed E-state index contributed by atoms with van der Waals surface area (Å²) in [7, 11) is 0. The predicted molar refractivity (Wildman–Crippen MR) is 145 cm³/mol. The highest BCUT2D eigenvalue weighted by Crippen LogP contribution is 2.52. The highest BCUT2D eigenvalue weighted by molar-refractivity contribution is 6.34. The Bertz CT molecular complexity index is 1200. The van der Waals surface area contributed by atoms with Gasteiger partial charge in [-0.2, -0.15) is 13.2 Å². The lowest BCUT2D eigenvalue weighted by Gasteiger charge is -2.46. The Morgan fingerprint density at radius 3 is 2.11 bits per heavy atom. The fraction of sp³-hybridized carbons (Fsp3) is 0.613. The number of ether oxygens (including phenoxy) is 1. The van der Waals surface area contributed by atoms with Crippen LogP contribution in [0.25, 0.3) is 0 Å². The molecule has 0 bridgehead atoms. The second kappa shape index (κ2) is 9.92. The second-order valence-electron chi connectivity index (χ2n) is 13.3. The molecule has 38 heavy (non-hydrogen) atoms. The fourth-order valence-electron chi connectivity index (χ4n) is 5.70. The molecule has 0 N–H and O–H groups in total. The maximum absolute atomic E-state index is 13.9. The lowest BCUT2D eigenvalue weighted by atomic mass is 9.70. The smallest absolute Gasteiger partial charge is 0.367 e. The molecule has 0 aliphatic heterocycles. The van der Waals surface area contributed by atoms with Crippen LogP contribution in [0.3, 0.4) is 0 Å².